The second kappa shape index (κ2) is 5.87. The van der Waals surface area contributed by atoms with Crippen molar-refractivity contribution in [2.24, 2.45) is 5.73 Å². The number of rotatable bonds is 5. The molecule has 112 valence electrons. The first-order valence-corrected chi connectivity index (χ1v) is 6.80. The van der Waals surface area contributed by atoms with E-state index in [0.29, 0.717) is 11.3 Å². The van der Waals surface area contributed by atoms with Crippen LogP contribution in [0.25, 0.3) is 16.7 Å². The van der Waals surface area contributed by atoms with Crippen molar-refractivity contribution in [2.75, 3.05) is 13.2 Å². The Kier molecular flexibility index (Phi) is 3.76. The number of fused-ring (bicyclic) bond motifs is 1. The summed E-state index contributed by atoms with van der Waals surface area (Å²) in [7, 11) is 0. The lowest BCUT2D eigenvalue weighted by molar-refractivity contribution is 0.100. The minimum absolute atomic E-state index is 0.0291. The second-order valence-electron chi connectivity index (χ2n) is 4.75. The largest absolute Gasteiger partial charge is 0.491 e. The molecule has 3 N–H and O–H groups in total. The number of aliphatic hydroxyl groups excluding tert-OH is 1. The zero-order chi connectivity index (χ0) is 15.5. The first-order chi connectivity index (χ1) is 10.7. The van der Waals surface area contributed by atoms with Crippen LogP contribution < -0.4 is 10.5 Å². The molecule has 0 unspecified atom stereocenters. The highest BCUT2D eigenvalue weighted by molar-refractivity contribution is 5.93. The van der Waals surface area contributed by atoms with Crippen LogP contribution in [0.3, 0.4) is 0 Å². The molecule has 1 heterocycles. The van der Waals surface area contributed by atoms with E-state index in [0.717, 1.165) is 16.7 Å². The molecule has 0 aliphatic heterocycles. The first kappa shape index (κ1) is 14.1. The van der Waals surface area contributed by atoms with E-state index in [1.54, 1.807) is 18.5 Å². The summed E-state index contributed by atoms with van der Waals surface area (Å²) in [6, 6.07) is 12.5. The predicted molar refractivity (Wildman–Crippen MR) is 82.2 cm³/mol. The van der Waals surface area contributed by atoms with Crippen LogP contribution in [0.5, 0.6) is 5.75 Å². The van der Waals surface area contributed by atoms with Gasteiger partial charge in [-0.3, -0.25) is 9.36 Å². The third-order valence-corrected chi connectivity index (χ3v) is 3.31. The van der Waals surface area contributed by atoms with Crippen LogP contribution in [0.15, 0.2) is 48.8 Å². The highest BCUT2D eigenvalue weighted by Gasteiger charge is 2.07. The molecule has 0 saturated heterocycles. The summed E-state index contributed by atoms with van der Waals surface area (Å²) in [4.78, 5) is 15.5. The Hall–Kier alpha value is -2.86. The summed E-state index contributed by atoms with van der Waals surface area (Å²) < 4.78 is 7.28. The van der Waals surface area contributed by atoms with Crippen LogP contribution in [0, 0.1) is 0 Å². The van der Waals surface area contributed by atoms with Gasteiger partial charge in [-0.2, -0.15) is 0 Å². The lowest BCUT2D eigenvalue weighted by Gasteiger charge is -2.06. The van der Waals surface area contributed by atoms with Gasteiger partial charge in [0, 0.05) is 17.3 Å². The van der Waals surface area contributed by atoms with E-state index in [-0.39, 0.29) is 13.2 Å². The SMILES string of the molecule is NC(=O)c1ccc(-n2cnc3cc(OCCO)ccc32)cc1. The fourth-order valence-corrected chi connectivity index (χ4v) is 2.24. The molecular formula is C16H15N3O3. The summed E-state index contributed by atoms with van der Waals surface area (Å²) in [6.45, 7) is 0.222. The van der Waals surface area contributed by atoms with Gasteiger partial charge in [0.05, 0.1) is 17.6 Å². The van der Waals surface area contributed by atoms with E-state index in [2.05, 4.69) is 4.98 Å². The van der Waals surface area contributed by atoms with E-state index in [1.807, 2.05) is 34.9 Å². The first-order valence-electron chi connectivity index (χ1n) is 6.80. The van der Waals surface area contributed by atoms with Gasteiger partial charge < -0.3 is 15.6 Å². The van der Waals surface area contributed by atoms with Crippen molar-refractivity contribution < 1.29 is 14.6 Å². The molecule has 22 heavy (non-hydrogen) atoms. The zero-order valence-corrected chi connectivity index (χ0v) is 11.8. The number of nitrogens with zero attached hydrogens (tertiary/aromatic N) is 2. The quantitative estimate of drug-likeness (QED) is 0.746. The van der Waals surface area contributed by atoms with Crippen molar-refractivity contribution in [3.63, 3.8) is 0 Å². The molecule has 1 aromatic heterocycles. The van der Waals surface area contributed by atoms with Crippen LogP contribution in [0.2, 0.25) is 0 Å². The van der Waals surface area contributed by atoms with E-state index in [1.165, 1.54) is 0 Å². The Morgan fingerprint density at radius 1 is 1.23 bits per heavy atom. The average molecular weight is 297 g/mol. The molecule has 2 aromatic carbocycles. The van der Waals surface area contributed by atoms with Crippen molar-refractivity contribution in [1.82, 2.24) is 9.55 Å². The Morgan fingerprint density at radius 2 is 2.00 bits per heavy atom. The summed E-state index contributed by atoms with van der Waals surface area (Å²) in [5.41, 5.74) is 8.30. The predicted octanol–water partition coefficient (Wildman–Crippen LogP) is 1.50. The molecular weight excluding hydrogens is 282 g/mol. The fraction of sp³-hybridized carbons (Fsp3) is 0.125. The number of aromatic nitrogens is 2. The Balaban J connectivity index is 1.95. The molecule has 0 atom stereocenters. The summed E-state index contributed by atoms with van der Waals surface area (Å²) in [5.74, 6) is 0.212. The number of primary amides is 1. The van der Waals surface area contributed by atoms with Gasteiger partial charge in [0.15, 0.2) is 0 Å². The summed E-state index contributed by atoms with van der Waals surface area (Å²) in [5, 5.41) is 8.78. The van der Waals surface area contributed by atoms with Gasteiger partial charge in [0.25, 0.3) is 0 Å². The number of aliphatic hydroxyl groups is 1. The summed E-state index contributed by atoms with van der Waals surface area (Å²) in [6.07, 6.45) is 1.71. The molecule has 0 saturated carbocycles. The van der Waals surface area contributed by atoms with Crippen LogP contribution in [-0.2, 0) is 0 Å². The minimum Gasteiger partial charge on any atom is -0.491 e. The maximum absolute atomic E-state index is 11.1. The van der Waals surface area contributed by atoms with Crippen molar-refractivity contribution in [3.8, 4) is 11.4 Å². The van der Waals surface area contributed by atoms with Crippen LogP contribution in [0.4, 0.5) is 0 Å². The molecule has 3 aromatic rings. The second-order valence-corrected chi connectivity index (χ2v) is 4.75. The van der Waals surface area contributed by atoms with Crippen LogP contribution >= 0.6 is 0 Å². The molecule has 3 rings (SSSR count). The number of carbonyl (C=O) groups is 1. The molecule has 0 spiro atoms. The van der Waals surface area contributed by atoms with Gasteiger partial charge in [-0.15, -0.1) is 0 Å². The molecule has 6 heteroatoms. The highest BCUT2D eigenvalue weighted by Crippen LogP contribution is 2.23. The molecule has 6 nitrogen and oxygen atoms in total. The number of hydrogen-bond acceptors (Lipinski definition) is 4. The third-order valence-electron chi connectivity index (χ3n) is 3.31. The maximum atomic E-state index is 11.1. The van der Waals surface area contributed by atoms with E-state index in [9.17, 15) is 4.79 Å². The Bertz CT molecular complexity index is 809. The molecule has 0 bridgehead atoms. The monoisotopic (exact) mass is 297 g/mol. The topological polar surface area (TPSA) is 90.4 Å². The standard InChI is InChI=1S/C16H15N3O3/c17-16(21)11-1-3-12(4-2-11)19-10-18-14-9-13(22-8-7-20)5-6-15(14)19/h1-6,9-10,20H,7-8H2,(H2,17,21). The van der Waals surface area contributed by atoms with Crippen molar-refractivity contribution in [2.45, 2.75) is 0 Å². The minimum atomic E-state index is -0.451. The van der Waals surface area contributed by atoms with Crippen LogP contribution in [0.1, 0.15) is 10.4 Å². The zero-order valence-electron chi connectivity index (χ0n) is 11.8. The normalized spacial score (nSPS) is 10.8. The maximum Gasteiger partial charge on any atom is 0.248 e. The molecule has 0 radical (unpaired) electrons. The lowest BCUT2D eigenvalue weighted by Crippen LogP contribution is -2.10. The molecule has 0 aliphatic carbocycles. The van der Waals surface area contributed by atoms with E-state index in [4.69, 9.17) is 15.6 Å². The molecule has 0 fully saturated rings. The lowest BCUT2D eigenvalue weighted by atomic mass is 10.2. The molecule has 0 aliphatic rings. The fourth-order valence-electron chi connectivity index (χ4n) is 2.24. The number of nitrogens with two attached hydrogens (primary N) is 1. The van der Waals surface area contributed by atoms with Crippen LogP contribution in [-0.4, -0.2) is 33.8 Å². The van der Waals surface area contributed by atoms with E-state index < -0.39 is 5.91 Å². The number of ether oxygens (including phenoxy) is 1. The van der Waals surface area contributed by atoms with E-state index >= 15 is 0 Å². The molecule has 1 amide bonds. The number of imidazole rings is 1. The van der Waals surface area contributed by atoms with Gasteiger partial charge in [-0.05, 0) is 36.4 Å². The number of benzene rings is 2. The van der Waals surface area contributed by atoms with Gasteiger partial charge in [-0.25, -0.2) is 4.98 Å². The third kappa shape index (κ3) is 2.64. The number of hydrogen-bond donors (Lipinski definition) is 2. The van der Waals surface area contributed by atoms with Gasteiger partial charge in [0.1, 0.15) is 18.7 Å². The Labute approximate surface area is 126 Å². The van der Waals surface area contributed by atoms with Crippen molar-refractivity contribution in [1.29, 1.82) is 0 Å². The van der Waals surface area contributed by atoms with Gasteiger partial charge >= 0.3 is 0 Å². The average Bonchev–Trinajstić information content (AvgIpc) is 2.96. The van der Waals surface area contributed by atoms with Crippen molar-refractivity contribution >= 4 is 16.9 Å². The Morgan fingerprint density at radius 3 is 2.68 bits per heavy atom. The van der Waals surface area contributed by atoms with Gasteiger partial charge in [0.2, 0.25) is 5.91 Å². The van der Waals surface area contributed by atoms with Gasteiger partial charge in [-0.1, -0.05) is 0 Å². The smallest absolute Gasteiger partial charge is 0.248 e. The number of carbonyl (C=O) groups excluding carboxylic acids is 1. The highest BCUT2D eigenvalue weighted by atomic mass is 16.5. The number of amides is 1. The summed E-state index contributed by atoms with van der Waals surface area (Å²) >= 11 is 0. The van der Waals surface area contributed by atoms with Crippen molar-refractivity contribution in [3.05, 3.63) is 54.4 Å².